The van der Waals surface area contributed by atoms with Gasteiger partial charge in [0, 0.05) is 17.4 Å². The standard InChI is InChI=1S/C22H17N3O4S/c1-30(27,28)19-13-11-18(12-14-19)21-24-25-22(29-21)23-20(26)17-9-7-16(8-10-17)15-5-3-2-4-6-15/h2-14H,1H3,(H,23,25,26). The monoisotopic (exact) mass is 419 g/mol. The van der Waals surface area contributed by atoms with E-state index in [1.807, 2.05) is 42.5 Å². The number of hydrogen-bond acceptors (Lipinski definition) is 6. The molecule has 30 heavy (non-hydrogen) atoms. The van der Waals surface area contributed by atoms with Crippen molar-refractivity contribution in [3.63, 3.8) is 0 Å². The summed E-state index contributed by atoms with van der Waals surface area (Å²) < 4.78 is 28.6. The van der Waals surface area contributed by atoms with Gasteiger partial charge in [-0.15, -0.1) is 5.10 Å². The van der Waals surface area contributed by atoms with Gasteiger partial charge in [-0.3, -0.25) is 10.1 Å². The predicted octanol–water partition coefficient (Wildman–Crippen LogP) is 4.06. The maximum atomic E-state index is 12.5. The van der Waals surface area contributed by atoms with Gasteiger partial charge in [0.05, 0.1) is 4.90 Å². The fourth-order valence-electron chi connectivity index (χ4n) is 2.85. The molecule has 0 fully saturated rings. The highest BCUT2D eigenvalue weighted by molar-refractivity contribution is 7.90. The van der Waals surface area contributed by atoms with Crippen LogP contribution in [0, 0.1) is 0 Å². The highest BCUT2D eigenvalue weighted by Crippen LogP contribution is 2.23. The van der Waals surface area contributed by atoms with Crippen molar-refractivity contribution in [1.82, 2.24) is 10.2 Å². The highest BCUT2D eigenvalue weighted by atomic mass is 32.2. The Balaban J connectivity index is 1.46. The van der Waals surface area contributed by atoms with Crippen molar-refractivity contribution in [2.24, 2.45) is 0 Å². The molecule has 0 atom stereocenters. The molecule has 0 aliphatic carbocycles. The van der Waals surface area contributed by atoms with Crippen LogP contribution in [0.3, 0.4) is 0 Å². The van der Waals surface area contributed by atoms with E-state index in [9.17, 15) is 13.2 Å². The number of nitrogens with zero attached hydrogens (tertiary/aromatic N) is 2. The fourth-order valence-corrected chi connectivity index (χ4v) is 3.48. The van der Waals surface area contributed by atoms with E-state index in [0.717, 1.165) is 17.4 Å². The molecule has 1 aromatic heterocycles. The molecule has 1 amide bonds. The smallest absolute Gasteiger partial charge is 0.322 e. The molecule has 0 saturated heterocycles. The molecule has 0 bridgehead atoms. The van der Waals surface area contributed by atoms with Crippen molar-refractivity contribution in [2.75, 3.05) is 11.6 Å². The van der Waals surface area contributed by atoms with Crippen LogP contribution >= 0.6 is 0 Å². The van der Waals surface area contributed by atoms with Gasteiger partial charge in [0.2, 0.25) is 5.89 Å². The van der Waals surface area contributed by atoms with E-state index in [4.69, 9.17) is 4.42 Å². The van der Waals surface area contributed by atoms with E-state index < -0.39 is 9.84 Å². The van der Waals surface area contributed by atoms with Gasteiger partial charge in [-0.1, -0.05) is 47.6 Å². The van der Waals surface area contributed by atoms with Crippen LogP contribution < -0.4 is 5.32 Å². The van der Waals surface area contributed by atoms with Gasteiger partial charge < -0.3 is 4.42 Å². The number of rotatable bonds is 5. The molecule has 0 unspecified atom stereocenters. The van der Waals surface area contributed by atoms with E-state index in [0.29, 0.717) is 11.1 Å². The molecule has 7 nitrogen and oxygen atoms in total. The summed E-state index contributed by atoms with van der Waals surface area (Å²) in [6.07, 6.45) is 1.13. The van der Waals surface area contributed by atoms with Crippen molar-refractivity contribution < 1.29 is 17.6 Å². The number of benzene rings is 3. The van der Waals surface area contributed by atoms with E-state index in [1.165, 1.54) is 12.1 Å². The van der Waals surface area contributed by atoms with Gasteiger partial charge in [0.1, 0.15) is 0 Å². The molecule has 0 aliphatic rings. The Morgan fingerprint density at radius 2 is 1.40 bits per heavy atom. The van der Waals surface area contributed by atoms with Crippen LogP contribution in [-0.4, -0.2) is 30.8 Å². The van der Waals surface area contributed by atoms with E-state index in [2.05, 4.69) is 15.5 Å². The molecule has 0 spiro atoms. The molecular weight excluding hydrogens is 402 g/mol. The fraction of sp³-hybridized carbons (Fsp3) is 0.0455. The molecule has 0 radical (unpaired) electrons. The lowest BCUT2D eigenvalue weighted by Gasteiger charge is -2.04. The molecule has 1 heterocycles. The molecule has 4 aromatic rings. The summed E-state index contributed by atoms with van der Waals surface area (Å²) in [6, 6.07) is 23.0. The van der Waals surface area contributed by atoms with Gasteiger partial charge in [-0.05, 0) is 47.5 Å². The number of sulfone groups is 1. The Morgan fingerprint density at radius 3 is 2.03 bits per heavy atom. The second kappa shape index (κ2) is 7.92. The number of anilines is 1. The first-order valence-corrected chi connectivity index (χ1v) is 10.9. The van der Waals surface area contributed by atoms with Crippen LogP contribution in [0.1, 0.15) is 10.4 Å². The topological polar surface area (TPSA) is 102 Å². The maximum Gasteiger partial charge on any atom is 0.322 e. The number of aromatic nitrogens is 2. The third-order valence-electron chi connectivity index (χ3n) is 4.43. The first-order chi connectivity index (χ1) is 14.4. The lowest BCUT2D eigenvalue weighted by Crippen LogP contribution is -2.11. The summed E-state index contributed by atoms with van der Waals surface area (Å²) in [6.45, 7) is 0. The van der Waals surface area contributed by atoms with Crippen molar-refractivity contribution in [2.45, 2.75) is 4.90 Å². The third-order valence-corrected chi connectivity index (χ3v) is 5.56. The molecule has 0 saturated carbocycles. The summed E-state index contributed by atoms with van der Waals surface area (Å²) in [5.41, 5.74) is 3.06. The van der Waals surface area contributed by atoms with Crippen LogP contribution in [0.4, 0.5) is 6.01 Å². The van der Waals surface area contributed by atoms with E-state index in [1.54, 1.807) is 24.3 Å². The molecular formula is C22H17N3O4S. The second-order valence-corrected chi connectivity index (χ2v) is 8.62. The van der Waals surface area contributed by atoms with E-state index in [-0.39, 0.29) is 22.7 Å². The number of nitrogens with one attached hydrogen (secondary N) is 1. The van der Waals surface area contributed by atoms with Crippen molar-refractivity contribution in [1.29, 1.82) is 0 Å². The Morgan fingerprint density at radius 1 is 0.800 bits per heavy atom. The summed E-state index contributed by atoms with van der Waals surface area (Å²) in [5.74, 6) is -0.206. The lowest BCUT2D eigenvalue weighted by molar-refractivity contribution is 0.102. The van der Waals surface area contributed by atoms with Gasteiger partial charge in [-0.2, -0.15) is 0 Å². The minimum absolute atomic E-state index is 0.0469. The summed E-state index contributed by atoms with van der Waals surface area (Å²) in [5, 5.41) is 10.3. The maximum absolute atomic E-state index is 12.5. The van der Waals surface area contributed by atoms with Gasteiger partial charge in [-0.25, -0.2) is 8.42 Å². The number of amides is 1. The number of carbonyl (C=O) groups excluding carboxylic acids is 1. The van der Waals surface area contributed by atoms with Crippen molar-refractivity contribution >= 4 is 21.8 Å². The van der Waals surface area contributed by atoms with Gasteiger partial charge in [0.15, 0.2) is 9.84 Å². The zero-order chi connectivity index (χ0) is 21.1. The lowest BCUT2D eigenvalue weighted by atomic mass is 10.0. The Kier molecular flexibility index (Phi) is 5.16. The number of carbonyl (C=O) groups is 1. The zero-order valence-electron chi connectivity index (χ0n) is 15.9. The quantitative estimate of drug-likeness (QED) is 0.523. The minimum atomic E-state index is -3.29. The average molecular weight is 419 g/mol. The molecule has 8 heteroatoms. The normalized spacial score (nSPS) is 11.2. The van der Waals surface area contributed by atoms with Crippen LogP contribution in [0.5, 0.6) is 0 Å². The minimum Gasteiger partial charge on any atom is -0.403 e. The van der Waals surface area contributed by atoms with Crippen molar-refractivity contribution in [3.8, 4) is 22.6 Å². The van der Waals surface area contributed by atoms with Crippen molar-refractivity contribution in [3.05, 3.63) is 84.4 Å². The van der Waals surface area contributed by atoms with Gasteiger partial charge in [0.25, 0.3) is 5.91 Å². The molecule has 150 valence electrons. The SMILES string of the molecule is CS(=O)(=O)c1ccc(-c2nnc(NC(=O)c3ccc(-c4ccccc4)cc3)o2)cc1. The van der Waals surface area contributed by atoms with Gasteiger partial charge >= 0.3 is 6.01 Å². The van der Waals surface area contributed by atoms with Crippen LogP contribution in [-0.2, 0) is 9.84 Å². The molecule has 1 N–H and O–H groups in total. The summed E-state index contributed by atoms with van der Waals surface area (Å²) >= 11 is 0. The molecule has 4 rings (SSSR count). The number of hydrogen-bond donors (Lipinski definition) is 1. The first-order valence-electron chi connectivity index (χ1n) is 9.01. The predicted molar refractivity (Wildman–Crippen MR) is 113 cm³/mol. The average Bonchev–Trinajstić information content (AvgIpc) is 3.22. The largest absolute Gasteiger partial charge is 0.403 e. The van der Waals surface area contributed by atoms with E-state index >= 15 is 0 Å². The highest BCUT2D eigenvalue weighted by Gasteiger charge is 2.14. The Hall–Kier alpha value is -3.78. The third kappa shape index (κ3) is 4.28. The Labute approximate surface area is 173 Å². The summed E-state index contributed by atoms with van der Waals surface area (Å²) in [7, 11) is -3.29. The Bertz CT molecular complexity index is 1280. The zero-order valence-corrected chi connectivity index (χ0v) is 16.8. The summed E-state index contributed by atoms with van der Waals surface area (Å²) in [4.78, 5) is 12.6. The van der Waals surface area contributed by atoms with Crippen LogP contribution in [0.25, 0.3) is 22.6 Å². The van der Waals surface area contributed by atoms with Crippen LogP contribution in [0.2, 0.25) is 0 Å². The molecule has 0 aliphatic heterocycles. The first kappa shape index (κ1) is 19.5. The second-order valence-electron chi connectivity index (χ2n) is 6.61. The molecule has 3 aromatic carbocycles. The van der Waals surface area contributed by atoms with Crippen LogP contribution in [0.15, 0.2) is 88.2 Å².